The van der Waals surface area contributed by atoms with Gasteiger partial charge in [0.15, 0.2) is 0 Å². The van der Waals surface area contributed by atoms with Crippen molar-refractivity contribution in [2.45, 2.75) is 82.5 Å². The van der Waals surface area contributed by atoms with E-state index in [0.29, 0.717) is 23.0 Å². The van der Waals surface area contributed by atoms with Crippen LogP contribution < -0.4 is 0 Å². The van der Waals surface area contributed by atoms with Gasteiger partial charge in [0.05, 0.1) is 0 Å². The van der Waals surface area contributed by atoms with Gasteiger partial charge in [0.2, 0.25) is 0 Å². The second-order valence-electron chi connectivity index (χ2n) is 11.6. The van der Waals surface area contributed by atoms with E-state index in [4.69, 9.17) is 0 Å². The molecule has 0 aliphatic heterocycles. The van der Waals surface area contributed by atoms with Crippen LogP contribution in [-0.2, 0) is 10.8 Å². The van der Waals surface area contributed by atoms with Crippen molar-refractivity contribution in [2.24, 2.45) is 0 Å². The number of phenolic OH excluding ortho intramolecular Hbond substituents is 4. The summed E-state index contributed by atoms with van der Waals surface area (Å²) in [6, 6.07) is 30.2. The summed E-state index contributed by atoms with van der Waals surface area (Å²) in [7, 11) is 0. The lowest BCUT2D eigenvalue weighted by atomic mass is 9.65. The number of aromatic hydroxyl groups is 4. The number of rotatable bonds is 8. The maximum atomic E-state index is 9.51. The van der Waals surface area contributed by atoms with Crippen molar-refractivity contribution < 1.29 is 20.4 Å². The van der Waals surface area contributed by atoms with E-state index in [1.165, 1.54) is 54.4 Å². The molecule has 0 heterocycles. The minimum atomic E-state index is -0.101. The molecule has 0 atom stereocenters. The third-order valence-corrected chi connectivity index (χ3v) is 8.84. The molecule has 41 heavy (non-hydrogen) atoms. The first kappa shape index (κ1) is 30.0. The zero-order chi connectivity index (χ0) is 29.3. The summed E-state index contributed by atoms with van der Waals surface area (Å²) in [5.74, 6) is 1.21. The molecule has 1 aliphatic carbocycles. The third-order valence-electron chi connectivity index (χ3n) is 8.84. The Hall–Kier alpha value is -3.92. The zero-order valence-corrected chi connectivity index (χ0v) is 24.4. The average molecular weight is 553 g/mol. The Bertz CT molecular complexity index is 1240. The lowest BCUT2D eigenvalue weighted by Crippen LogP contribution is -2.30. The molecule has 4 aromatic carbocycles. The van der Waals surface area contributed by atoms with Crippen LogP contribution in [0.1, 0.15) is 93.9 Å². The van der Waals surface area contributed by atoms with Crippen LogP contribution in [0.3, 0.4) is 0 Å². The lowest BCUT2D eigenvalue weighted by molar-refractivity contribution is 0.345. The highest BCUT2D eigenvalue weighted by atomic mass is 16.3. The standard InChI is InChI=1S/C19H24O2.C18H20O2/c1-3-4-5-14-19(2,15-6-10-17(20)11-7-15)16-8-12-18(21)13-9-16;19-16-8-4-14(5-9-16)18(12-2-1-3-13-18)15-6-10-17(20)11-7-15/h6-13,20-21H,3-5,14H2,1-2H3;4-11,19-20H,1-3,12-13H2. The second kappa shape index (κ2) is 13.6. The number of benzene rings is 4. The summed E-state index contributed by atoms with van der Waals surface area (Å²) >= 11 is 0. The summed E-state index contributed by atoms with van der Waals surface area (Å²) in [6.45, 7) is 4.44. The molecular weight excluding hydrogens is 508 g/mol. The Morgan fingerprint density at radius 3 is 1.27 bits per heavy atom. The van der Waals surface area contributed by atoms with Gasteiger partial charge in [-0.25, -0.2) is 0 Å². The molecule has 0 amide bonds. The van der Waals surface area contributed by atoms with E-state index >= 15 is 0 Å². The molecule has 4 nitrogen and oxygen atoms in total. The van der Waals surface area contributed by atoms with Gasteiger partial charge in [-0.1, -0.05) is 101 Å². The first-order valence-corrected chi connectivity index (χ1v) is 14.9. The van der Waals surface area contributed by atoms with Crippen LogP contribution in [0.15, 0.2) is 97.1 Å². The van der Waals surface area contributed by atoms with Gasteiger partial charge < -0.3 is 20.4 Å². The van der Waals surface area contributed by atoms with Crippen molar-refractivity contribution in [2.75, 3.05) is 0 Å². The van der Waals surface area contributed by atoms with E-state index in [1.54, 1.807) is 48.5 Å². The lowest BCUT2D eigenvalue weighted by Gasteiger charge is -2.38. The van der Waals surface area contributed by atoms with Crippen LogP contribution in [0.25, 0.3) is 0 Å². The highest BCUT2D eigenvalue weighted by Gasteiger charge is 2.35. The van der Waals surface area contributed by atoms with Crippen LogP contribution >= 0.6 is 0 Å². The Balaban J connectivity index is 0.000000189. The molecule has 5 rings (SSSR count). The summed E-state index contributed by atoms with van der Waals surface area (Å²) in [5, 5.41) is 38.0. The fraction of sp³-hybridized carbons (Fsp3) is 0.351. The van der Waals surface area contributed by atoms with Gasteiger partial charge in [-0.3, -0.25) is 0 Å². The van der Waals surface area contributed by atoms with Crippen molar-refractivity contribution in [1.82, 2.24) is 0 Å². The predicted molar refractivity (Wildman–Crippen MR) is 167 cm³/mol. The molecule has 4 heteroatoms. The average Bonchev–Trinajstić information content (AvgIpc) is 2.99. The van der Waals surface area contributed by atoms with Crippen LogP contribution in [0.4, 0.5) is 0 Å². The van der Waals surface area contributed by atoms with Crippen molar-refractivity contribution in [3.05, 3.63) is 119 Å². The molecule has 1 aliphatic rings. The largest absolute Gasteiger partial charge is 0.508 e. The number of hydrogen-bond donors (Lipinski definition) is 4. The predicted octanol–water partition coefficient (Wildman–Crippen LogP) is 9.33. The molecule has 0 radical (unpaired) electrons. The SMILES string of the molecule is CCCCCC(C)(c1ccc(O)cc1)c1ccc(O)cc1.Oc1ccc(C2(c3ccc(O)cc3)CCCCC2)cc1. The van der Waals surface area contributed by atoms with Gasteiger partial charge in [-0.15, -0.1) is 0 Å². The highest BCUT2D eigenvalue weighted by molar-refractivity contribution is 5.44. The minimum Gasteiger partial charge on any atom is -0.508 e. The van der Waals surface area contributed by atoms with Gasteiger partial charge >= 0.3 is 0 Å². The minimum absolute atomic E-state index is 0.0274. The maximum Gasteiger partial charge on any atom is 0.115 e. The Labute approximate surface area is 245 Å². The Morgan fingerprint density at radius 2 is 0.902 bits per heavy atom. The molecule has 0 saturated heterocycles. The quantitative estimate of drug-likeness (QED) is 0.164. The molecule has 216 valence electrons. The first-order valence-electron chi connectivity index (χ1n) is 14.9. The van der Waals surface area contributed by atoms with E-state index in [9.17, 15) is 20.4 Å². The summed E-state index contributed by atoms with van der Waals surface area (Å²) in [4.78, 5) is 0. The summed E-state index contributed by atoms with van der Waals surface area (Å²) in [5.41, 5.74) is 4.85. The first-order chi connectivity index (χ1) is 19.8. The summed E-state index contributed by atoms with van der Waals surface area (Å²) in [6.07, 6.45) is 10.6. The molecule has 0 spiro atoms. The molecule has 0 bridgehead atoms. The molecule has 1 saturated carbocycles. The fourth-order valence-electron chi connectivity index (χ4n) is 6.30. The normalized spacial score (nSPS) is 14.6. The van der Waals surface area contributed by atoms with Gasteiger partial charge in [-0.2, -0.15) is 0 Å². The highest BCUT2D eigenvalue weighted by Crippen LogP contribution is 2.45. The van der Waals surface area contributed by atoms with Gasteiger partial charge in [0.25, 0.3) is 0 Å². The van der Waals surface area contributed by atoms with Gasteiger partial charge in [0, 0.05) is 10.8 Å². The van der Waals surface area contributed by atoms with Crippen molar-refractivity contribution >= 4 is 0 Å². The molecule has 0 unspecified atom stereocenters. The van der Waals surface area contributed by atoms with Gasteiger partial charge in [0.1, 0.15) is 23.0 Å². The topological polar surface area (TPSA) is 80.9 Å². The monoisotopic (exact) mass is 552 g/mol. The smallest absolute Gasteiger partial charge is 0.115 e. The van der Waals surface area contributed by atoms with E-state index in [-0.39, 0.29) is 10.8 Å². The number of unbranched alkanes of at least 4 members (excludes halogenated alkanes) is 2. The van der Waals surface area contributed by atoms with Crippen LogP contribution in [0.5, 0.6) is 23.0 Å². The van der Waals surface area contributed by atoms with E-state index in [2.05, 4.69) is 13.8 Å². The molecule has 0 aromatic heterocycles. The molecule has 4 N–H and O–H groups in total. The number of phenols is 4. The van der Waals surface area contributed by atoms with Gasteiger partial charge in [-0.05, 0) is 90.0 Å². The number of hydrogen-bond acceptors (Lipinski definition) is 4. The van der Waals surface area contributed by atoms with E-state index < -0.39 is 0 Å². The third kappa shape index (κ3) is 7.24. The molecule has 1 fully saturated rings. The molecule has 4 aromatic rings. The van der Waals surface area contributed by atoms with E-state index in [0.717, 1.165) is 25.7 Å². The Morgan fingerprint density at radius 1 is 0.537 bits per heavy atom. The fourth-order valence-corrected chi connectivity index (χ4v) is 6.30. The van der Waals surface area contributed by atoms with Crippen molar-refractivity contribution in [3.8, 4) is 23.0 Å². The summed E-state index contributed by atoms with van der Waals surface area (Å²) < 4.78 is 0. The van der Waals surface area contributed by atoms with Crippen molar-refractivity contribution in [1.29, 1.82) is 0 Å². The zero-order valence-electron chi connectivity index (χ0n) is 24.4. The van der Waals surface area contributed by atoms with Crippen molar-refractivity contribution in [3.63, 3.8) is 0 Å². The molecular formula is C37H44O4. The maximum absolute atomic E-state index is 9.51. The Kier molecular flexibility index (Phi) is 9.99. The van der Waals surface area contributed by atoms with Crippen LogP contribution in [0, 0.1) is 0 Å². The van der Waals surface area contributed by atoms with Crippen LogP contribution in [0.2, 0.25) is 0 Å². The second-order valence-corrected chi connectivity index (χ2v) is 11.6. The van der Waals surface area contributed by atoms with E-state index in [1.807, 2.05) is 48.5 Å². The van der Waals surface area contributed by atoms with Crippen LogP contribution in [-0.4, -0.2) is 20.4 Å².